The highest BCUT2D eigenvalue weighted by molar-refractivity contribution is 6.33. The Hall–Kier alpha value is -2.67. The number of benzene rings is 1. The first-order chi connectivity index (χ1) is 12.3. The van der Waals surface area contributed by atoms with E-state index in [4.69, 9.17) is 11.6 Å². The third-order valence-corrected chi connectivity index (χ3v) is 4.43. The van der Waals surface area contributed by atoms with Crippen LogP contribution >= 0.6 is 11.6 Å². The Morgan fingerprint density at radius 3 is 2.58 bits per heavy atom. The van der Waals surface area contributed by atoms with Gasteiger partial charge in [0.1, 0.15) is 11.0 Å². The van der Waals surface area contributed by atoms with Gasteiger partial charge in [-0.2, -0.15) is 10.2 Å². The van der Waals surface area contributed by atoms with E-state index in [0.717, 1.165) is 11.1 Å². The molecule has 0 saturated carbocycles. The summed E-state index contributed by atoms with van der Waals surface area (Å²) in [6.45, 7) is 2.53. The molecule has 2 heterocycles. The van der Waals surface area contributed by atoms with E-state index in [1.54, 1.807) is 46.6 Å². The molecule has 2 aromatic heterocycles. The van der Waals surface area contributed by atoms with Gasteiger partial charge in [0.2, 0.25) is 0 Å². The van der Waals surface area contributed by atoms with E-state index in [1.165, 1.54) is 12.1 Å². The van der Waals surface area contributed by atoms with Crippen molar-refractivity contribution in [3.63, 3.8) is 0 Å². The van der Waals surface area contributed by atoms with E-state index in [1.807, 2.05) is 13.2 Å². The monoisotopic (exact) mass is 375 g/mol. The summed E-state index contributed by atoms with van der Waals surface area (Å²) in [5, 5.41) is 8.75. The van der Waals surface area contributed by atoms with Crippen molar-refractivity contribution in [3.05, 3.63) is 70.0 Å². The number of carbonyl (C=O) groups is 1. The lowest BCUT2D eigenvalue weighted by Gasteiger charge is -2.16. The zero-order valence-corrected chi connectivity index (χ0v) is 15.5. The van der Waals surface area contributed by atoms with Gasteiger partial charge in [0.05, 0.1) is 24.0 Å². The zero-order chi connectivity index (χ0) is 18.8. The van der Waals surface area contributed by atoms with Gasteiger partial charge >= 0.3 is 0 Å². The van der Waals surface area contributed by atoms with Crippen LogP contribution in [-0.2, 0) is 20.1 Å². The smallest absolute Gasteiger partial charge is 0.258 e. The molecular formula is C18H19ClFN5O. The maximum atomic E-state index is 13.0. The van der Waals surface area contributed by atoms with E-state index in [2.05, 4.69) is 10.2 Å². The fourth-order valence-corrected chi connectivity index (χ4v) is 3.07. The van der Waals surface area contributed by atoms with Crippen molar-refractivity contribution in [1.82, 2.24) is 24.5 Å². The van der Waals surface area contributed by atoms with Crippen molar-refractivity contribution >= 4 is 17.5 Å². The SMILES string of the molecule is Cc1nn(Cc2ccc(F)cc2)c(Cl)c1C(=O)N(C)Cc1cnn(C)c1. The van der Waals surface area contributed by atoms with Crippen LogP contribution in [-0.4, -0.2) is 37.4 Å². The number of carbonyl (C=O) groups excluding carboxylic acids is 1. The van der Waals surface area contributed by atoms with Crippen LogP contribution in [0.5, 0.6) is 0 Å². The van der Waals surface area contributed by atoms with Crippen molar-refractivity contribution in [2.24, 2.45) is 7.05 Å². The second kappa shape index (κ2) is 7.29. The Labute approximate surface area is 155 Å². The molecule has 0 saturated heterocycles. The summed E-state index contributed by atoms with van der Waals surface area (Å²) in [4.78, 5) is 14.4. The van der Waals surface area contributed by atoms with Crippen molar-refractivity contribution in [2.45, 2.75) is 20.0 Å². The Bertz CT molecular complexity index is 932. The summed E-state index contributed by atoms with van der Waals surface area (Å²) in [5.41, 5.74) is 2.70. The molecule has 1 aromatic carbocycles. The lowest BCUT2D eigenvalue weighted by Crippen LogP contribution is -2.26. The van der Waals surface area contributed by atoms with Gasteiger partial charge in [-0.05, 0) is 24.6 Å². The van der Waals surface area contributed by atoms with Crippen molar-refractivity contribution < 1.29 is 9.18 Å². The van der Waals surface area contributed by atoms with Crippen LogP contribution in [0.25, 0.3) is 0 Å². The molecule has 136 valence electrons. The summed E-state index contributed by atoms with van der Waals surface area (Å²) in [6.07, 6.45) is 3.58. The average molecular weight is 376 g/mol. The van der Waals surface area contributed by atoms with Crippen LogP contribution in [0.3, 0.4) is 0 Å². The molecule has 0 spiro atoms. The fourth-order valence-electron chi connectivity index (χ4n) is 2.75. The van der Waals surface area contributed by atoms with Crippen LogP contribution in [0, 0.1) is 12.7 Å². The van der Waals surface area contributed by atoms with Gasteiger partial charge in [-0.3, -0.25) is 9.48 Å². The highest BCUT2D eigenvalue weighted by Gasteiger charge is 2.23. The maximum absolute atomic E-state index is 13.0. The predicted octanol–water partition coefficient (Wildman–Crippen LogP) is 3.04. The Morgan fingerprint density at radius 1 is 1.27 bits per heavy atom. The highest BCUT2D eigenvalue weighted by atomic mass is 35.5. The molecular weight excluding hydrogens is 357 g/mol. The van der Waals surface area contributed by atoms with Crippen LogP contribution in [0.15, 0.2) is 36.7 Å². The number of rotatable bonds is 5. The topological polar surface area (TPSA) is 56.0 Å². The lowest BCUT2D eigenvalue weighted by atomic mass is 10.2. The van der Waals surface area contributed by atoms with Gasteiger partial charge < -0.3 is 4.90 Å². The Balaban J connectivity index is 1.80. The molecule has 0 radical (unpaired) electrons. The standard InChI is InChI=1S/C18H19ClFN5O/c1-12-16(18(26)23(2)9-14-8-21-24(3)10-14)17(19)25(22-12)11-13-4-6-15(20)7-5-13/h4-8,10H,9,11H2,1-3H3. The minimum Gasteiger partial charge on any atom is -0.337 e. The molecule has 0 bridgehead atoms. The second-order valence-electron chi connectivity index (χ2n) is 6.22. The van der Waals surface area contributed by atoms with E-state index in [0.29, 0.717) is 24.3 Å². The molecule has 0 N–H and O–H groups in total. The largest absolute Gasteiger partial charge is 0.337 e. The summed E-state index contributed by atoms with van der Waals surface area (Å²) in [7, 11) is 3.54. The van der Waals surface area contributed by atoms with Gasteiger partial charge in [0.25, 0.3) is 5.91 Å². The molecule has 1 amide bonds. The van der Waals surface area contributed by atoms with Crippen LogP contribution in [0.1, 0.15) is 27.2 Å². The Morgan fingerprint density at radius 2 is 1.96 bits per heavy atom. The van der Waals surface area contributed by atoms with E-state index < -0.39 is 0 Å². The molecule has 0 atom stereocenters. The zero-order valence-electron chi connectivity index (χ0n) is 14.8. The summed E-state index contributed by atoms with van der Waals surface area (Å²) < 4.78 is 16.3. The first kappa shape index (κ1) is 18.1. The van der Waals surface area contributed by atoms with Crippen molar-refractivity contribution in [1.29, 1.82) is 0 Å². The Kier molecular flexibility index (Phi) is 5.08. The minimum absolute atomic E-state index is 0.207. The third kappa shape index (κ3) is 3.77. The average Bonchev–Trinajstić information content (AvgIpc) is 3.12. The summed E-state index contributed by atoms with van der Waals surface area (Å²) in [6, 6.07) is 6.10. The third-order valence-electron chi connectivity index (χ3n) is 4.05. The summed E-state index contributed by atoms with van der Waals surface area (Å²) in [5.74, 6) is -0.508. The number of amides is 1. The molecule has 3 rings (SSSR count). The van der Waals surface area contributed by atoms with Crippen LogP contribution in [0.2, 0.25) is 5.15 Å². The van der Waals surface area contributed by atoms with Gasteiger partial charge in [0, 0.05) is 32.4 Å². The minimum atomic E-state index is -0.301. The normalized spacial score (nSPS) is 11.0. The van der Waals surface area contributed by atoms with Crippen LogP contribution in [0.4, 0.5) is 4.39 Å². The van der Waals surface area contributed by atoms with Crippen molar-refractivity contribution in [3.8, 4) is 0 Å². The van der Waals surface area contributed by atoms with Gasteiger partial charge in [0.15, 0.2) is 0 Å². The molecule has 6 nitrogen and oxygen atoms in total. The molecule has 26 heavy (non-hydrogen) atoms. The van der Waals surface area contributed by atoms with Crippen LogP contribution < -0.4 is 0 Å². The molecule has 3 aromatic rings. The van der Waals surface area contributed by atoms with Gasteiger partial charge in [-0.1, -0.05) is 23.7 Å². The molecule has 0 aliphatic rings. The molecule has 0 unspecified atom stereocenters. The number of aryl methyl sites for hydroxylation is 2. The number of halogens is 2. The van der Waals surface area contributed by atoms with Gasteiger partial charge in [-0.25, -0.2) is 9.07 Å². The number of nitrogens with zero attached hydrogens (tertiary/aromatic N) is 5. The fraction of sp³-hybridized carbons (Fsp3) is 0.278. The first-order valence-electron chi connectivity index (χ1n) is 8.05. The summed E-state index contributed by atoms with van der Waals surface area (Å²) >= 11 is 6.42. The number of hydrogen-bond acceptors (Lipinski definition) is 3. The van der Waals surface area contributed by atoms with E-state index in [-0.39, 0.29) is 16.9 Å². The number of hydrogen-bond donors (Lipinski definition) is 0. The van der Waals surface area contributed by atoms with E-state index >= 15 is 0 Å². The number of aromatic nitrogens is 4. The maximum Gasteiger partial charge on any atom is 0.258 e. The van der Waals surface area contributed by atoms with Gasteiger partial charge in [-0.15, -0.1) is 0 Å². The second-order valence-corrected chi connectivity index (χ2v) is 6.58. The van der Waals surface area contributed by atoms with Crippen molar-refractivity contribution in [2.75, 3.05) is 7.05 Å². The quantitative estimate of drug-likeness (QED) is 0.688. The first-order valence-corrected chi connectivity index (χ1v) is 8.43. The molecule has 0 aliphatic heterocycles. The lowest BCUT2D eigenvalue weighted by molar-refractivity contribution is 0.0784. The molecule has 0 fully saturated rings. The molecule has 0 aliphatic carbocycles. The molecule has 8 heteroatoms. The predicted molar refractivity (Wildman–Crippen MR) is 96.5 cm³/mol. The highest BCUT2D eigenvalue weighted by Crippen LogP contribution is 2.23. The van der Waals surface area contributed by atoms with E-state index in [9.17, 15) is 9.18 Å².